The number of H-pyrrole nitrogens is 1. The summed E-state index contributed by atoms with van der Waals surface area (Å²) < 4.78 is 0. The van der Waals surface area contributed by atoms with Crippen molar-refractivity contribution in [2.75, 3.05) is 13.1 Å². The molecule has 1 aliphatic heterocycles. The van der Waals surface area contributed by atoms with Gasteiger partial charge in [0.15, 0.2) is 0 Å². The van der Waals surface area contributed by atoms with Crippen molar-refractivity contribution in [1.82, 2.24) is 20.1 Å². The molecule has 2 fully saturated rings. The zero-order valence-corrected chi connectivity index (χ0v) is 12.4. The van der Waals surface area contributed by atoms with Crippen molar-refractivity contribution in [1.29, 1.82) is 0 Å². The molecule has 0 amide bonds. The van der Waals surface area contributed by atoms with E-state index in [4.69, 9.17) is 0 Å². The molecular formula is C15H26N4O. The second-order valence-electron chi connectivity index (χ2n) is 6.76. The molecular weight excluding hydrogens is 252 g/mol. The maximum Gasteiger partial charge on any atom is 0.141 e. The van der Waals surface area contributed by atoms with E-state index >= 15 is 0 Å². The molecule has 1 aromatic rings. The lowest BCUT2D eigenvalue weighted by Crippen LogP contribution is -2.48. The third kappa shape index (κ3) is 3.04. The molecule has 0 spiro atoms. The van der Waals surface area contributed by atoms with Crippen LogP contribution < -0.4 is 0 Å². The van der Waals surface area contributed by atoms with Gasteiger partial charge in [0.25, 0.3) is 0 Å². The number of hydrogen-bond acceptors (Lipinski definition) is 4. The summed E-state index contributed by atoms with van der Waals surface area (Å²) in [5.41, 5.74) is -0.498. The van der Waals surface area contributed by atoms with Crippen LogP contribution in [0.2, 0.25) is 0 Å². The topological polar surface area (TPSA) is 65.0 Å². The quantitative estimate of drug-likeness (QED) is 0.890. The second kappa shape index (κ2) is 5.82. The van der Waals surface area contributed by atoms with Gasteiger partial charge in [0.05, 0.1) is 11.6 Å². The average Bonchev–Trinajstić information content (AvgIpc) is 2.97. The van der Waals surface area contributed by atoms with Crippen molar-refractivity contribution in [3.63, 3.8) is 0 Å². The van der Waals surface area contributed by atoms with E-state index in [9.17, 15) is 5.11 Å². The second-order valence-corrected chi connectivity index (χ2v) is 6.76. The van der Waals surface area contributed by atoms with E-state index in [1.165, 1.54) is 12.8 Å². The number of aromatic nitrogens is 3. The number of rotatable bonds is 3. The molecule has 5 heteroatoms. The number of aromatic amines is 1. The van der Waals surface area contributed by atoms with Gasteiger partial charge in [0, 0.05) is 6.54 Å². The van der Waals surface area contributed by atoms with Gasteiger partial charge in [-0.3, -0.25) is 10.00 Å². The summed E-state index contributed by atoms with van der Waals surface area (Å²) in [6.07, 6.45) is 9.32. The molecule has 5 nitrogen and oxygen atoms in total. The molecule has 112 valence electrons. The van der Waals surface area contributed by atoms with Crippen LogP contribution >= 0.6 is 0 Å². The number of likely N-dealkylation sites (tertiary alicyclic amines) is 1. The number of β-amino-alcohol motifs (C(OH)–C–C–N with tert-alkyl or cyclic N) is 1. The molecule has 0 bridgehead atoms. The lowest BCUT2D eigenvalue weighted by molar-refractivity contribution is -0.0508. The molecule has 2 aliphatic rings. The first-order chi connectivity index (χ1) is 9.66. The molecule has 1 saturated heterocycles. The Bertz CT molecular complexity index is 412. The summed E-state index contributed by atoms with van der Waals surface area (Å²) in [5, 5.41) is 17.9. The zero-order chi connectivity index (χ0) is 14.0. The van der Waals surface area contributed by atoms with E-state index in [1.54, 1.807) is 6.33 Å². The minimum absolute atomic E-state index is 0.301. The molecule has 3 rings (SSSR count). The Morgan fingerprint density at radius 2 is 2.15 bits per heavy atom. The standard InChI is InChI=1S/C15H26N4O/c1-12-5-7-15(20,8-6-12)10-19-9-3-2-4-13(19)14-16-11-17-18-14/h11-13,20H,2-10H2,1H3,(H,16,17,18). The van der Waals surface area contributed by atoms with Crippen molar-refractivity contribution in [3.8, 4) is 0 Å². The summed E-state index contributed by atoms with van der Waals surface area (Å²) in [6, 6.07) is 0.301. The highest BCUT2D eigenvalue weighted by atomic mass is 16.3. The molecule has 20 heavy (non-hydrogen) atoms. The molecule has 1 unspecified atom stereocenters. The average molecular weight is 278 g/mol. The highest BCUT2D eigenvalue weighted by Crippen LogP contribution is 2.36. The van der Waals surface area contributed by atoms with Crippen LogP contribution in [0.4, 0.5) is 0 Å². The minimum atomic E-state index is -0.498. The first-order valence-corrected chi connectivity index (χ1v) is 7.98. The van der Waals surface area contributed by atoms with Crippen molar-refractivity contribution in [2.45, 2.75) is 63.5 Å². The Morgan fingerprint density at radius 3 is 2.85 bits per heavy atom. The third-order valence-corrected chi connectivity index (χ3v) is 5.07. The van der Waals surface area contributed by atoms with Gasteiger partial charge in [-0.05, 0) is 51.0 Å². The Kier molecular flexibility index (Phi) is 4.08. The van der Waals surface area contributed by atoms with E-state index in [0.29, 0.717) is 6.04 Å². The largest absolute Gasteiger partial charge is 0.389 e. The summed E-state index contributed by atoms with van der Waals surface area (Å²) in [5.74, 6) is 1.72. The fourth-order valence-electron chi connectivity index (χ4n) is 3.70. The van der Waals surface area contributed by atoms with Crippen LogP contribution in [0.1, 0.15) is 63.7 Å². The summed E-state index contributed by atoms with van der Waals surface area (Å²) >= 11 is 0. The number of aliphatic hydroxyl groups is 1. The monoisotopic (exact) mass is 278 g/mol. The Balaban J connectivity index is 1.68. The minimum Gasteiger partial charge on any atom is -0.389 e. The van der Waals surface area contributed by atoms with Gasteiger partial charge in [-0.2, -0.15) is 5.10 Å². The molecule has 1 atom stereocenters. The van der Waals surface area contributed by atoms with E-state index in [2.05, 4.69) is 27.0 Å². The molecule has 2 heterocycles. The normalized spacial score (nSPS) is 36.1. The summed E-state index contributed by atoms with van der Waals surface area (Å²) in [7, 11) is 0. The first-order valence-electron chi connectivity index (χ1n) is 7.98. The van der Waals surface area contributed by atoms with E-state index in [-0.39, 0.29) is 0 Å². The number of nitrogens with one attached hydrogen (secondary N) is 1. The highest BCUT2D eigenvalue weighted by molar-refractivity contribution is 4.97. The van der Waals surface area contributed by atoms with Crippen LogP contribution in [0, 0.1) is 5.92 Å². The predicted octanol–water partition coefficient (Wildman–Crippen LogP) is 2.27. The first kappa shape index (κ1) is 14.0. The van der Waals surface area contributed by atoms with Crippen molar-refractivity contribution in [2.24, 2.45) is 5.92 Å². The summed E-state index contributed by atoms with van der Waals surface area (Å²) in [6.45, 7) is 4.13. The number of piperidine rings is 1. The van der Waals surface area contributed by atoms with Crippen LogP contribution in [-0.2, 0) is 0 Å². The Hall–Kier alpha value is -0.940. The Morgan fingerprint density at radius 1 is 1.35 bits per heavy atom. The van der Waals surface area contributed by atoms with Crippen LogP contribution in [0.3, 0.4) is 0 Å². The maximum absolute atomic E-state index is 10.9. The van der Waals surface area contributed by atoms with Gasteiger partial charge in [0.1, 0.15) is 12.2 Å². The van der Waals surface area contributed by atoms with Gasteiger partial charge in [-0.1, -0.05) is 13.3 Å². The van der Waals surface area contributed by atoms with Crippen LogP contribution in [0.25, 0.3) is 0 Å². The molecule has 0 aromatic carbocycles. The molecule has 1 aliphatic carbocycles. The molecule has 1 aromatic heterocycles. The lowest BCUT2D eigenvalue weighted by Gasteiger charge is -2.42. The van der Waals surface area contributed by atoms with Gasteiger partial charge in [0.2, 0.25) is 0 Å². The SMILES string of the molecule is CC1CCC(O)(CN2CCCCC2c2ncn[nH]2)CC1. The van der Waals surface area contributed by atoms with Gasteiger partial charge >= 0.3 is 0 Å². The molecule has 2 N–H and O–H groups in total. The van der Waals surface area contributed by atoms with E-state index in [1.807, 2.05) is 0 Å². The number of nitrogens with zero attached hydrogens (tertiary/aromatic N) is 3. The Labute approximate surface area is 120 Å². The van der Waals surface area contributed by atoms with Crippen LogP contribution in [-0.4, -0.2) is 43.9 Å². The number of hydrogen-bond donors (Lipinski definition) is 2. The van der Waals surface area contributed by atoms with Gasteiger partial charge in [-0.25, -0.2) is 4.98 Å². The van der Waals surface area contributed by atoms with Crippen molar-refractivity contribution >= 4 is 0 Å². The fraction of sp³-hybridized carbons (Fsp3) is 0.867. The maximum atomic E-state index is 10.9. The predicted molar refractivity (Wildman–Crippen MR) is 77.1 cm³/mol. The molecule has 1 saturated carbocycles. The lowest BCUT2D eigenvalue weighted by atomic mass is 9.79. The third-order valence-electron chi connectivity index (χ3n) is 5.07. The van der Waals surface area contributed by atoms with Crippen LogP contribution in [0.15, 0.2) is 6.33 Å². The summed E-state index contributed by atoms with van der Waals surface area (Å²) in [4.78, 5) is 6.74. The van der Waals surface area contributed by atoms with Gasteiger partial charge < -0.3 is 5.11 Å². The smallest absolute Gasteiger partial charge is 0.141 e. The molecule has 0 radical (unpaired) electrons. The van der Waals surface area contributed by atoms with Crippen molar-refractivity contribution in [3.05, 3.63) is 12.2 Å². The van der Waals surface area contributed by atoms with E-state index < -0.39 is 5.60 Å². The fourth-order valence-corrected chi connectivity index (χ4v) is 3.70. The van der Waals surface area contributed by atoms with Crippen molar-refractivity contribution < 1.29 is 5.11 Å². The zero-order valence-electron chi connectivity index (χ0n) is 12.4. The van der Waals surface area contributed by atoms with Gasteiger partial charge in [-0.15, -0.1) is 0 Å². The van der Waals surface area contributed by atoms with Crippen LogP contribution in [0.5, 0.6) is 0 Å². The van der Waals surface area contributed by atoms with E-state index in [0.717, 1.165) is 56.9 Å². The highest BCUT2D eigenvalue weighted by Gasteiger charge is 2.37.